The number of carbonyl (C=O) groups is 1. The first kappa shape index (κ1) is 14.7. The number of carboxylic acid groups (broad SMARTS) is 1. The van der Waals surface area contributed by atoms with Gasteiger partial charge in [0.2, 0.25) is 0 Å². The number of ether oxygens (including phenoxy) is 1. The van der Waals surface area contributed by atoms with Gasteiger partial charge in [0.05, 0.1) is 12.3 Å². The highest BCUT2D eigenvalue weighted by Gasteiger charge is 2.05. The van der Waals surface area contributed by atoms with E-state index in [0.29, 0.717) is 23.7 Å². The highest BCUT2D eigenvalue weighted by atomic mass is 16.5. The molecule has 5 nitrogen and oxygen atoms in total. The Morgan fingerprint density at radius 1 is 1.19 bits per heavy atom. The molecule has 0 bridgehead atoms. The lowest BCUT2D eigenvalue weighted by Crippen LogP contribution is -2.00. The summed E-state index contributed by atoms with van der Waals surface area (Å²) in [6, 6.07) is 12.9. The van der Waals surface area contributed by atoms with E-state index in [4.69, 9.17) is 14.9 Å². The van der Waals surface area contributed by atoms with Gasteiger partial charge in [-0.05, 0) is 23.8 Å². The van der Waals surface area contributed by atoms with E-state index in [1.807, 2.05) is 30.3 Å². The highest BCUT2D eigenvalue weighted by Crippen LogP contribution is 2.20. The van der Waals surface area contributed by atoms with E-state index < -0.39 is 5.97 Å². The molecular formula is C16H15NO4. The number of hydrogen-bond acceptors (Lipinski definition) is 4. The molecule has 0 amide bonds. The normalized spacial score (nSPS) is 10.7. The molecule has 2 aromatic rings. The Bertz CT molecular complexity index is 638. The molecule has 1 aromatic heterocycles. The van der Waals surface area contributed by atoms with E-state index in [0.717, 1.165) is 11.6 Å². The maximum Gasteiger partial charge on any atom is 0.328 e. The van der Waals surface area contributed by atoms with Crippen LogP contribution in [0.15, 0.2) is 48.5 Å². The molecule has 21 heavy (non-hydrogen) atoms. The number of benzene rings is 1. The molecule has 0 radical (unpaired) electrons. The predicted molar refractivity (Wildman–Crippen MR) is 77.6 cm³/mol. The van der Waals surface area contributed by atoms with Crippen molar-refractivity contribution in [3.63, 3.8) is 0 Å². The lowest BCUT2D eigenvalue weighted by Gasteiger charge is -2.09. The van der Waals surface area contributed by atoms with Crippen LogP contribution < -0.4 is 4.74 Å². The molecule has 0 aliphatic carbocycles. The number of pyridine rings is 1. The van der Waals surface area contributed by atoms with Crippen LogP contribution in [0.3, 0.4) is 0 Å². The third-order valence-corrected chi connectivity index (χ3v) is 2.73. The quantitative estimate of drug-likeness (QED) is 0.796. The maximum absolute atomic E-state index is 10.6. The minimum atomic E-state index is -1.07. The van der Waals surface area contributed by atoms with Gasteiger partial charge in [0, 0.05) is 6.08 Å². The number of nitrogens with zero attached hydrogens (tertiary/aromatic N) is 1. The maximum atomic E-state index is 10.6. The average Bonchev–Trinajstić information content (AvgIpc) is 2.52. The van der Waals surface area contributed by atoms with Crippen LogP contribution in [0.2, 0.25) is 0 Å². The van der Waals surface area contributed by atoms with Crippen molar-refractivity contribution >= 4 is 12.0 Å². The van der Waals surface area contributed by atoms with Crippen LogP contribution in [0.5, 0.6) is 5.75 Å². The lowest BCUT2D eigenvalue weighted by atomic mass is 10.2. The monoisotopic (exact) mass is 285 g/mol. The fraction of sp³-hybridized carbons (Fsp3) is 0.125. The largest absolute Gasteiger partial charge is 0.487 e. The van der Waals surface area contributed by atoms with Gasteiger partial charge in [-0.2, -0.15) is 0 Å². The van der Waals surface area contributed by atoms with Crippen molar-refractivity contribution in [3.05, 3.63) is 65.5 Å². The first-order valence-corrected chi connectivity index (χ1v) is 6.37. The number of aliphatic hydroxyl groups is 1. The topological polar surface area (TPSA) is 79.7 Å². The van der Waals surface area contributed by atoms with Crippen LogP contribution in [-0.4, -0.2) is 21.2 Å². The molecular weight excluding hydrogens is 270 g/mol. The Labute approximate surface area is 122 Å². The van der Waals surface area contributed by atoms with Gasteiger partial charge in [-0.15, -0.1) is 0 Å². The first-order chi connectivity index (χ1) is 10.2. The van der Waals surface area contributed by atoms with Crippen molar-refractivity contribution in [1.82, 2.24) is 4.98 Å². The lowest BCUT2D eigenvalue weighted by molar-refractivity contribution is -0.131. The average molecular weight is 285 g/mol. The number of aromatic nitrogens is 1. The van der Waals surface area contributed by atoms with E-state index in [1.54, 1.807) is 12.1 Å². The van der Waals surface area contributed by atoms with Crippen molar-refractivity contribution in [3.8, 4) is 5.75 Å². The van der Waals surface area contributed by atoms with E-state index in [2.05, 4.69) is 4.98 Å². The van der Waals surface area contributed by atoms with Gasteiger partial charge in [0.15, 0.2) is 0 Å². The standard InChI is InChI=1S/C16H15NO4/c18-10-13-6-8-15(14(17-13)7-9-16(19)20)21-11-12-4-2-1-3-5-12/h1-9,18H,10-11H2,(H,19,20). The van der Waals surface area contributed by atoms with Crippen LogP contribution in [0.1, 0.15) is 17.0 Å². The Hall–Kier alpha value is -2.66. The zero-order valence-corrected chi connectivity index (χ0v) is 11.3. The van der Waals surface area contributed by atoms with Crippen molar-refractivity contribution in [2.75, 3.05) is 0 Å². The first-order valence-electron chi connectivity index (χ1n) is 6.37. The van der Waals surface area contributed by atoms with E-state index >= 15 is 0 Å². The van der Waals surface area contributed by atoms with Gasteiger partial charge in [0.25, 0.3) is 0 Å². The molecule has 5 heteroatoms. The summed E-state index contributed by atoms with van der Waals surface area (Å²) in [5.41, 5.74) is 1.82. The third kappa shape index (κ3) is 4.43. The second-order valence-electron chi connectivity index (χ2n) is 4.29. The molecule has 0 saturated carbocycles. The molecule has 0 unspecified atom stereocenters. The number of aliphatic hydroxyl groups excluding tert-OH is 1. The molecule has 0 fully saturated rings. The molecule has 0 atom stereocenters. The van der Waals surface area contributed by atoms with Gasteiger partial charge in [0.1, 0.15) is 18.1 Å². The molecule has 0 aliphatic heterocycles. The minimum absolute atomic E-state index is 0.215. The summed E-state index contributed by atoms with van der Waals surface area (Å²) >= 11 is 0. The second kappa shape index (κ2) is 7.21. The molecule has 0 aliphatic rings. The fourth-order valence-electron chi connectivity index (χ4n) is 1.72. The van der Waals surface area contributed by atoms with Gasteiger partial charge in [-0.25, -0.2) is 9.78 Å². The zero-order chi connectivity index (χ0) is 15.1. The third-order valence-electron chi connectivity index (χ3n) is 2.73. The van der Waals surface area contributed by atoms with Gasteiger partial charge in [-0.1, -0.05) is 30.3 Å². The SMILES string of the molecule is O=C(O)C=Cc1nc(CO)ccc1OCc1ccccc1. The summed E-state index contributed by atoms with van der Waals surface area (Å²) in [5.74, 6) is -0.603. The fourth-order valence-corrected chi connectivity index (χ4v) is 1.72. The van der Waals surface area contributed by atoms with E-state index in [-0.39, 0.29) is 6.61 Å². The highest BCUT2D eigenvalue weighted by molar-refractivity contribution is 5.85. The van der Waals surface area contributed by atoms with Crippen molar-refractivity contribution in [2.24, 2.45) is 0 Å². The van der Waals surface area contributed by atoms with Crippen molar-refractivity contribution < 1.29 is 19.7 Å². The number of hydrogen-bond donors (Lipinski definition) is 2. The molecule has 2 rings (SSSR count). The van der Waals surface area contributed by atoms with Gasteiger partial charge in [-0.3, -0.25) is 0 Å². The van der Waals surface area contributed by atoms with Crippen molar-refractivity contribution in [2.45, 2.75) is 13.2 Å². The Kier molecular flexibility index (Phi) is 5.06. The molecule has 2 N–H and O–H groups in total. The van der Waals surface area contributed by atoms with Crippen molar-refractivity contribution in [1.29, 1.82) is 0 Å². The molecule has 108 valence electrons. The summed E-state index contributed by atoms with van der Waals surface area (Å²) in [4.78, 5) is 14.8. The zero-order valence-electron chi connectivity index (χ0n) is 11.3. The summed E-state index contributed by atoms with van der Waals surface area (Å²) in [5, 5.41) is 17.8. The summed E-state index contributed by atoms with van der Waals surface area (Å²) in [6.07, 6.45) is 2.33. The van der Waals surface area contributed by atoms with Gasteiger partial charge >= 0.3 is 5.97 Å². The summed E-state index contributed by atoms with van der Waals surface area (Å²) in [7, 11) is 0. The minimum Gasteiger partial charge on any atom is -0.487 e. The van der Waals surface area contributed by atoms with E-state index in [9.17, 15) is 4.79 Å². The Morgan fingerprint density at radius 2 is 1.95 bits per heavy atom. The molecule has 1 heterocycles. The number of rotatable bonds is 6. The summed E-state index contributed by atoms with van der Waals surface area (Å²) < 4.78 is 5.67. The molecule has 0 spiro atoms. The number of carboxylic acids is 1. The van der Waals surface area contributed by atoms with Crippen LogP contribution in [-0.2, 0) is 18.0 Å². The second-order valence-corrected chi connectivity index (χ2v) is 4.29. The van der Waals surface area contributed by atoms with Crippen LogP contribution >= 0.6 is 0 Å². The number of aliphatic carboxylic acids is 1. The van der Waals surface area contributed by atoms with Crippen LogP contribution in [0, 0.1) is 0 Å². The predicted octanol–water partition coefficient (Wildman–Crippen LogP) is 2.25. The molecule has 1 aromatic carbocycles. The van der Waals surface area contributed by atoms with E-state index in [1.165, 1.54) is 6.08 Å². The summed E-state index contributed by atoms with van der Waals surface area (Å²) in [6.45, 7) is 0.141. The van der Waals surface area contributed by atoms with Crippen LogP contribution in [0.4, 0.5) is 0 Å². The smallest absolute Gasteiger partial charge is 0.328 e. The van der Waals surface area contributed by atoms with Crippen LogP contribution in [0.25, 0.3) is 6.08 Å². The Balaban J connectivity index is 2.19. The molecule has 0 saturated heterocycles. The van der Waals surface area contributed by atoms with Gasteiger partial charge < -0.3 is 14.9 Å². The Morgan fingerprint density at radius 3 is 2.62 bits per heavy atom.